The molecule has 0 nitrogen and oxygen atoms in total. The molecule has 3 aliphatic carbocycles. The molecule has 5 atom stereocenters. The summed E-state index contributed by atoms with van der Waals surface area (Å²) in [6.45, 7) is 18.4. The number of rotatable bonds is 1. The summed E-state index contributed by atoms with van der Waals surface area (Å²) in [4.78, 5) is 0. The zero-order valence-electron chi connectivity index (χ0n) is 17.6. The van der Waals surface area contributed by atoms with Crippen molar-refractivity contribution in [2.45, 2.75) is 107 Å². The molecule has 0 aliphatic heterocycles. The highest BCUT2D eigenvalue weighted by molar-refractivity contribution is 5.08. The van der Waals surface area contributed by atoms with Gasteiger partial charge in [-0.15, -0.1) is 0 Å². The maximum absolute atomic E-state index is 12.9. The third-order valence-corrected chi connectivity index (χ3v) is 5.16. The van der Waals surface area contributed by atoms with E-state index in [2.05, 4.69) is 13.8 Å². The molecule has 0 amide bonds. The first-order valence-corrected chi connectivity index (χ1v) is 10.4. The van der Waals surface area contributed by atoms with Crippen LogP contribution in [0, 0.1) is 29.6 Å². The molecular weight excluding hydrogens is 309 g/mol. The van der Waals surface area contributed by atoms with E-state index in [1.54, 1.807) is 0 Å². The topological polar surface area (TPSA) is 0 Å². The van der Waals surface area contributed by atoms with E-state index < -0.39 is 12.1 Å². The van der Waals surface area contributed by atoms with Crippen LogP contribution in [0.15, 0.2) is 0 Å². The Morgan fingerprint density at radius 1 is 0.833 bits per heavy atom. The van der Waals surface area contributed by atoms with Crippen molar-refractivity contribution in [2.24, 2.45) is 29.6 Å². The molecule has 0 aromatic heterocycles. The molecule has 0 aromatic rings. The Kier molecular flexibility index (Phi) is 14.2. The Labute approximate surface area is 150 Å². The first-order valence-electron chi connectivity index (χ1n) is 10.4. The summed E-state index contributed by atoms with van der Waals surface area (Å²) in [6.07, 6.45) is 3.96. The highest BCUT2D eigenvalue weighted by Crippen LogP contribution is 2.63. The third-order valence-electron chi connectivity index (χ3n) is 5.16. The summed E-state index contributed by atoms with van der Waals surface area (Å²) in [5.41, 5.74) is 0. The lowest BCUT2D eigenvalue weighted by Crippen LogP contribution is -2.03. The molecule has 3 heteroatoms. The zero-order valence-corrected chi connectivity index (χ0v) is 17.6. The van der Waals surface area contributed by atoms with Crippen LogP contribution >= 0.6 is 0 Å². The quantitative estimate of drug-likeness (QED) is 0.446. The van der Waals surface area contributed by atoms with E-state index in [-0.39, 0.29) is 11.8 Å². The molecule has 0 heterocycles. The van der Waals surface area contributed by atoms with E-state index in [0.29, 0.717) is 17.8 Å². The molecule has 148 valence electrons. The van der Waals surface area contributed by atoms with Gasteiger partial charge in [-0.1, -0.05) is 68.7 Å². The molecule has 0 saturated heterocycles. The van der Waals surface area contributed by atoms with Crippen LogP contribution in [-0.4, -0.2) is 12.1 Å². The highest BCUT2D eigenvalue weighted by Gasteiger charge is 2.69. The van der Waals surface area contributed by atoms with Gasteiger partial charge in [0.05, 0.1) is 0 Å². The summed E-state index contributed by atoms with van der Waals surface area (Å²) in [6, 6.07) is 0. The summed E-state index contributed by atoms with van der Waals surface area (Å²) in [7, 11) is 0. The fraction of sp³-hybridized carbons (Fsp3) is 1.00. The highest BCUT2D eigenvalue weighted by atomic mass is 19.3. The molecule has 3 rings (SSSR count). The van der Waals surface area contributed by atoms with Crippen molar-refractivity contribution >= 4 is 0 Å². The van der Waals surface area contributed by atoms with Gasteiger partial charge in [-0.2, -0.15) is 0 Å². The normalized spacial score (nSPS) is 34.1. The Hall–Kier alpha value is -0.210. The predicted octanol–water partition coefficient (Wildman–Crippen LogP) is 8.16. The van der Waals surface area contributed by atoms with Gasteiger partial charge in [0.1, 0.15) is 6.17 Å². The Bertz CT molecular complexity index is 267. The van der Waals surface area contributed by atoms with E-state index in [1.807, 2.05) is 48.5 Å². The average Bonchev–Trinajstić information content (AvgIpc) is 3.01. The van der Waals surface area contributed by atoms with Crippen molar-refractivity contribution in [3.05, 3.63) is 0 Å². The number of hydrogen-bond acceptors (Lipinski definition) is 0. The van der Waals surface area contributed by atoms with Crippen molar-refractivity contribution in [2.75, 3.05) is 0 Å². The molecule has 3 fully saturated rings. The number of halogens is 3. The Morgan fingerprint density at radius 3 is 1.42 bits per heavy atom. The summed E-state index contributed by atoms with van der Waals surface area (Å²) < 4.78 is 37.4. The maximum Gasteiger partial charge on any atom is 0.254 e. The minimum atomic E-state index is -2.24. The van der Waals surface area contributed by atoms with Crippen LogP contribution in [0.4, 0.5) is 13.2 Å². The molecule has 0 radical (unpaired) electrons. The van der Waals surface area contributed by atoms with Gasteiger partial charge >= 0.3 is 0 Å². The lowest BCUT2D eigenvalue weighted by molar-refractivity contribution is 0.0728. The smallest absolute Gasteiger partial charge is 0.247 e. The fourth-order valence-corrected chi connectivity index (χ4v) is 3.59. The van der Waals surface area contributed by atoms with Crippen LogP contribution in [0.1, 0.15) is 94.4 Å². The van der Waals surface area contributed by atoms with Crippen LogP contribution < -0.4 is 0 Å². The van der Waals surface area contributed by atoms with Crippen LogP contribution in [0.2, 0.25) is 0 Å². The van der Waals surface area contributed by atoms with Gasteiger partial charge in [0, 0.05) is 11.8 Å². The SMILES string of the molecule is CC.CC.CC.CC(C)C1CC(C)C(F)C1.FC1(F)C2CCCC21. The van der Waals surface area contributed by atoms with Gasteiger partial charge in [0.2, 0.25) is 0 Å². The molecular formula is C21H43F3. The minimum Gasteiger partial charge on any atom is -0.247 e. The van der Waals surface area contributed by atoms with Crippen LogP contribution in [0.25, 0.3) is 0 Å². The largest absolute Gasteiger partial charge is 0.254 e. The molecule has 0 bridgehead atoms. The Balaban J connectivity index is 0. The predicted molar refractivity (Wildman–Crippen MR) is 101 cm³/mol. The van der Waals surface area contributed by atoms with Gasteiger partial charge in [-0.05, 0) is 43.4 Å². The summed E-state index contributed by atoms with van der Waals surface area (Å²) in [5.74, 6) is -1.02. The first kappa shape index (κ1) is 26.0. The van der Waals surface area contributed by atoms with Crippen LogP contribution in [-0.2, 0) is 0 Å². The second-order valence-corrected chi connectivity index (χ2v) is 6.79. The zero-order chi connectivity index (χ0) is 19.5. The van der Waals surface area contributed by atoms with Crippen molar-refractivity contribution in [1.29, 1.82) is 0 Å². The van der Waals surface area contributed by atoms with E-state index >= 15 is 0 Å². The lowest BCUT2D eigenvalue weighted by atomic mass is 9.94. The van der Waals surface area contributed by atoms with Gasteiger partial charge < -0.3 is 0 Å². The second-order valence-electron chi connectivity index (χ2n) is 6.79. The van der Waals surface area contributed by atoms with Gasteiger partial charge in [-0.25, -0.2) is 13.2 Å². The van der Waals surface area contributed by atoms with E-state index in [1.165, 1.54) is 0 Å². The van der Waals surface area contributed by atoms with E-state index in [0.717, 1.165) is 32.1 Å². The molecule has 0 N–H and O–H groups in total. The number of fused-ring (bicyclic) bond motifs is 1. The van der Waals surface area contributed by atoms with Crippen molar-refractivity contribution in [1.82, 2.24) is 0 Å². The molecule has 24 heavy (non-hydrogen) atoms. The molecule has 3 saturated carbocycles. The van der Waals surface area contributed by atoms with Gasteiger partial charge in [0.15, 0.2) is 0 Å². The van der Waals surface area contributed by atoms with E-state index in [9.17, 15) is 13.2 Å². The standard InChI is InChI=1S/C9H17F.C6H8F2.3C2H6/c1-6(2)8-4-7(3)9(10)5-8;7-6(8)4-2-1-3-5(4)6;3*1-2/h6-9H,4-5H2,1-3H3;4-5H,1-3H2;3*1-2H3. The summed E-state index contributed by atoms with van der Waals surface area (Å²) in [5, 5.41) is 0. The average molecular weight is 353 g/mol. The molecule has 0 spiro atoms. The van der Waals surface area contributed by atoms with Gasteiger partial charge in [-0.3, -0.25) is 0 Å². The van der Waals surface area contributed by atoms with Gasteiger partial charge in [0.25, 0.3) is 5.92 Å². The lowest BCUT2D eigenvalue weighted by Gasteiger charge is -2.12. The van der Waals surface area contributed by atoms with Crippen LogP contribution in [0.3, 0.4) is 0 Å². The number of alkyl halides is 3. The van der Waals surface area contributed by atoms with Crippen molar-refractivity contribution in [3.63, 3.8) is 0 Å². The third kappa shape index (κ3) is 7.35. The van der Waals surface area contributed by atoms with Crippen molar-refractivity contribution < 1.29 is 13.2 Å². The second kappa shape index (κ2) is 13.1. The fourth-order valence-electron chi connectivity index (χ4n) is 3.59. The molecule has 3 aliphatic rings. The Morgan fingerprint density at radius 2 is 1.25 bits per heavy atom. The molecule has 5 unspecified atom stereocenters. The monoisotopic (exact) mass is 352 g/mol. The minimum absolute atomic E-state index is 0.206. The first-order chi connectivity index (χ1) is 11.3. The van der Waals surface area contributed by atoms with Crippen molar-refractivity contribution in [3.8, 4) is 0 Å². The number of hydrogen-bond donors (Lipinski definition) is 0. The molecule has 0 aromatic carbocycles. The van der Waals surface area contributed by atoms with Crippen LogP contribution in [0.5, 0.6) is 0 Å². The summed E-state index contributed by atoms with van der Waals surface area (Å²) >= 11 is 0. The van der Waals surface area contributed by atoms with E-state index in [4.69, 9.17) is 0 Å². The maximum atomic E-state index is 12.9.